The van der Waals surface area contributed by atoms with E-state index in [1.165, 1.54) is 17.0 Å². The van der Waals surface area contributed by atoms with Crippen LogP contribution in [-0.2, 0) is 21.2 Å². The zero-order valence-electron chi connectivity index (χ0n) is 27.5. The van der Waals surface area contributed by atoms with Gasteiger partial charge in [0.2, 0.25) is 5.91 Å². The van der Waals surface area contributed by atoms with E-state index in [9.17, 15) is 37.9 Å². The molecule has 0 spiro atoms. The van der Waals surface area contributed by atoms with Crippen molar-refractivity contribution in [2.45, 2.75) is 89.8 Å². The Balaban J connectivity index is 1.50. The number of carboxylic acids is 1. The van der Waals surface area contributed by atoms with E-state index in [1.54, 1.807) is 24.8 Å². The van der Waals surface area contributed by atoms with Gasteiger partial charge in [-0.1, -0.05) is 25.5 Å². The first-order valence-electron chi connectivity index (χ1n) is 16.3. The molecule has 0 bridgehead atoms. The van der Waals surface area contributed by atoms with Crippen molar-refractivity contribution < 1.29 is 41.8 Å². The van der Waals surface area contributed by atoms with Crippen molar-refractivity contribution >= 4 is 17.8 Å². The van der Waals surface area contributed by atoms with Crippen LogP contribution in [0.5, 0.6) is 5.75 Å². The second-order valence-electron chi connectivity index (χ2n) is 13.3. The maximum absolute atomic E-state index is 15.1. The highest BCUT2D eigenvalue weighted by molar-refractivity contribution is 5.95. The molecule has 2 aromatic rings. The quantitative estimate of drug-likeness (QED) is 0.210. The molecule has 1 aromatic heterocycles. The number of ether oxygens (including phenoxy) is 1. The Labute approximate surface area is 277 Å². The summed E-state index contributed by atoms with van der Waals surface area (Å²) in [5.41, 5.74) is -3.57. The number of carbonyl (C=O) groups excluding carboxylic acids is 2. The number of rotatable bonds is 11. The van der Waals surface area contributed by atoms with Gasteiger partial charge in [0.15, 0.2) is 11.6 Å². The van der Waals surface area contributed by atoms with Crippen LogP contribution in [0.15, 0.2) is 36.5 Å². The van der Waals surface area contributed by atoms with E-state index < -0.39 is 57.9 Å². The molecule has 0 aliphatic carbocycles. The minimum absolute atomic E-state index is 0.0510. The van der Waals surface area contributed by atoms with Crippen LogP contribution in [0.4, 0.5) is 17.6 Å². The third kappa shape index (κ3) is 7.74. The van der Waals surface area contributed by atoms with Gasteiger partial charge in [-0.3, -0.25) is 19.4 Å². The number of piperidine rings is 2. The topological polar surface area (TPSA) is 124 Å². The molecule has 1 aromatic carbocycles. The average Bonchev–Trinajstić information content (AvgIpc) is 3.06. The van der Waals surface area contributed by atoms with Gasteiger partial charge < -0.3 is 19.6 Å². The van der Waals surface area contributed by atoms with E-state index >= 15 is 4.39 Å². The number of benzene rings is 1. The van der Waals surface area contributed by atoms with Crippen LogP contribution >= 0.6 is 0 Å². The number of hydrogen-bond donors (Lipinski definition) is 1. The molecule has 2 aliphatic rings. The summed E-state index contributed by atoms with van der Waals surface area (Å²) in [6, 6.07) is 8.04. The summed E-state index contributed by atoms with van der Waals surface area (Å²) in [7, 11) is 0. The van der Waals surface area contributed by atoms with Gasteiger partial charge in [-0.25, -0.2) is 4.39 Å². The van der Waals surface area contributed by atoms with Crippen molar-refractivity contribution in [1.29, 1.82) is 5.26 Å². The number of amides is 2. The Kier molecular flexibility index (Phi) is 11.4. The number of hydrogen-bond acceptors (Lipinski definition) is 6. The second-order valence-corrected chi connectivity index (χ2v) is 13.3. The first-order valence-corrected chi connectivity index (χ1v) is 16.3. The van der Waals surface area contributed by atoms with Gasteiger partial charge in [0, 0.05) is 37.4 Å². The Morgan fingerprint density at radius 3 is 2.46 bits per heavy atom. The highest BCUT2D eigenvalue weighted by Gasteiger charge is 2.46. The summed E-state index contributed by atoms with van der Waals surface area (Å²) in [5, 5.41) is 19.8. The minimum Gasteiger partial charge on any atom is -0.490 e. The van der Waals surface area contributed by atoms with Crippen molar-refractivity contribution in [2.24, 2.45) is 11.3 Å². The molecule has 2 aliphatic heterocycles. The first kappa shape index (κ1) is 36.6. The van der Waals surface area contributed by atoms with E-state index in [0.717, 1.165) is 18.3 Å². The third-order valence-electron chi connectivity index (χ3n) is 9.65. The summed E-state index contributed by atoms with van der Waals surface area (Å²) in [6.45, 7) is 5.69. The van der Waals surface area contributed by atoms with E-state index in [0.29, 0.717) is 44.1 Å². The lowest BCUT2D eigenvalue weighted by Crippen LogP contribution is -2.55. The molecular formula is C35H42F4N4O5. The van der Waals surface area contributed by atoms with Gasteiger partial charge >= 0.3 is 12.1 Å². The van der Waals surface area contributed by atoms with Crippen molar-refractivity contribution in [1.82, 2.24) is 14.8 Å². The molecule has 2 saturated heterocycles. The fourth-order valence-electron chi connectivity index (χ4n) is 6.80. The number of likely N-dealkylation sites (tertiary alicyclic amines) is 2. The molecule has 48 heavy (non-hydrogen) atoms. The molecule has 0 saturated carbocycles. The SMILES string of the molecule is CCCC1C(C(=O)N2CCC(C#N)(c3cccc(F)c3OCCCC(C)(C)C(=O)O)CC2)CCCN1C(=O)c1ncccc1C(F)(F)F. The van der Waals surface area contributed by atoms with Crippen molar-refractivity contribution in [3.8, 4) is 11.8 Å². The Hall–Kier alpha value is -4.21. The van der Waals surface area contributed by atoms with Crippen molar-refractivity contribution in [3.63, 3.8) is 0 Å². The predicted octanol–water partition coefficient (Wildman–Crippen LogP) is 6.61. The molecule has 2 amide bonds. The molecule has 9 nitrogen and oxygen atoms in total. The maximum Gasteiger partial charge on any atom is 0.418 e. The number of halogens is 4. The molecule has 2 unspecified atom stereocenters. The molecule has 1 N–H and O–H groups in total. The maximum atomic E-state index is 15.1. The van der Waals surface area contributed by atoms with Crippen molar-refractivity contribution in [2.75, 3.05) is 26.2 Å². The van der Waals surface area contributed by atoms with E-state index in [-0.39, 0.29) is 50.7 Å². The number of alkyl halides is 3. The van der Waals surface area contributed by atoms with Crippen LogP contribution in [0, 0.1) is 28.5 Å². The normalized spacial score (nSPS) is 19.8. The van der Waals surface area contributed by atoms with Crippen LogP contribution in [0.3, 0.4) is 0 Å². The van der Waals surface area contributed by atoms with Gasteiger partial charge in [0.25, 0.3) is 5.91 Å². The van der Waals surface area contributed by atoms with Gasteiger partial charge in [-0.2, -0.15) is 18.4 Å². The van der Waals surface area contributed by atoms with E-state index in [2.05, 4.69) is 11.1 Å². The number of nitrogens with zero attached hydrogens (tertiary/aromatic N) is 4. The zero-order valence-corrected chi connectivity index (χ0v) is 27.5. The summed E-state index contributed by atoms with van der Waals surface area (Å²) in [6.07, 6.45) is -0.671. The predicted molar refractivity (Wildman–Crippen MR) is 167 cm³/mol. The number of nitriles is 1. The largest absolute Gasteiger partial charge is 0.490 e. The van der Waals surface area contributed by atoms with Crippen LogP contribution in [0.1, 0.15) is 93.8 Å². The number of carboxylic acid groups (broad SMARTS) is 1. The first-order chi connectivity index (χ1) is 22.7. The highest BCUT2D eigenvalue weighted by atomic mass is 19.4. The Morgan fingerprint density at radius 1 is 1.12 bits per heavy atom. The average molecular weight is 675 g/mol. The lowest BCUT2D eigenvalue weighted by molar-refractivity contribution is -0.147. The summed E-state index contributed by atoms with van der Waals surface area (Å²) in [5.74, 6) is -3.38. The number of para-hydroxylation sites is 1. The molecule has 3 heterocycles. The lowest BCUT2D eigenvalue weighted by Gasteiger charge is -2.44. The fraction of sp³-hybridized carbons (Fsp3) is 0.571. The van der Waals surface area contributed by atoms with Gasteiger partial charge in [0.1, 0.15) is 5.69 Å². The van der Waals surface area contributed by atoms with E-state index in [1.807, 2.05) is 6.92 Å². The summed E-state index contributed by atoms with van der Waals surface area (Å²) in [4.78, 5) is 45.8. The number of aromatic nitrogens is 1. The smallest absolute Gasteiger partial charge is 0.418 e. The Morgan fingerprint density at radius 2 is 1.83 bits per heavy atom. The molecular weight excluding hydrogens is 632 g/mol. The standard InChI is InChI=1S/C35H42F4N4O5/c1-4-9-27-23(10-7-18-43(27)31(45)28-24(35(37,38)39)12-6-17-41-28)30(44)42-19-15-34(22-40,16-20-42)25-11-5-13-26(36)29(25)48-21-8-14-33(2,3)32(46)47/h5-6,11-13,17,23,27H,4,7-10,14-16,18-21H2,1-3H3,(H,46,47). The highest BCUT2D eigenvalue weighted by Crippen LogP contribution is 2.42. The van der Waals surface area contributed by atoms with Crippen molar-refractivity contribution in [3.05, 3.63) is 59.2 Å². The summed E-state index contributed by atoms with van der Waals surface area (Å²) >= 11 is 0. The molecule has 2 atom stereocenters. The van der Waals surface area contributed by atoms with Crippen LogP contribution < -0.4 is 4.74 Å². The van der Waals surface area contributed by atoms with Gasteiger partial charge in [-0.05, 0) is 77.0 Å². The monoisotopic (exact) mass is 674 g/mol. The lowest BCUT2D eigenvalue weighted by atomic mass is 9.73. The number of pyridine rings is 1. The molecule has 260 valence electrons. The molecule has 13 heteroatoms. The Bertz CT molecular complexity index is 1530. The number of carbonyl (C=O) groups is 3. The van der Waals surface area contributed by atoms with Crippen LogP contribution in [-0.4, -0.2) is 70.0 Å². The van der Waals surface area contributed by atoms with Crippen LogP contribution in [0.2, 0.25) is 0 Å². The third-order valence-corrected chi connectivity index (χ3v) is 9.65. The molecule has 4 rings (SSSR count). The second kappa shape index (κ2) is 14.9. The van der Waals surface area contributed by atoms with Crippen LogP contribution in [0.25, 0.3) is 0 Å². The molecule has 2 fully saturated rings. The van der Waals surface area contributed by atoms with Gasteiger partial charge in [-0.15, -0.1) is 0 Å². The van der Waals surface area contributed by atoms with Gasteiger partial charge in [0.05, 0.1) is 35.0 Å². The summed E-state index contributed by atoms with van der Waals surface area (Å²) < 4.78 is 62.1. The van der Waals surface area contributed by atoms with E-state index in [4.69, 9.17) is 4.74 Å². The zero-order chi connectivity index (χ0) is 35.3. The minimum atomic E-state index is -4.77. The molecule has 0 radical (unpaired) electrons. The fourth-order valence-corrected chi connectivity index (χ4v) is 6.80. The number of aliphatic carboxylic acids is 1.